The van der Waals surface area contributed by atoms with Gasteiger partial charge in [-0.25, -0.2) is 0 Å². The topological polar surface area (TPSA) is 90.7 Å². The van der Waals surface area contributed by atoms with Crippen LogP contribution < -0.4 is 14.8 Å². The number of ether oxygens (including phenoxy) is 2. The molecular weight excluding hydrogens is 492 g/mol. The number of nitrogens with one attached hydrogen (secondary N) is 1. The van der Waals surface area contributed by atoms with Gasteiger partial charge in [-0.3, -0.25) is 14.9 Å². The molecule has 0 saturated heterocycles. The first kappa shape index (κ1) is 25.4. The standard InChI is InChI=1S/C32H34N2O5/c1-20-4-3-5-28(10-20)39-30-15-26(34(36)37)14-29(16-30)38-27-8-6-25(7-9-27)31(35)33-21(2)32-17-22-11-23(18-32)13-24(12-22)19-32/h3-10,14-16,21-24H,11-13,17-19H2,1-2H3,(H,33,35)/t21-,22?,23?,24?,32?/m0/s1. The van der Waals surface area contributed by atoms with Gasteiger partial charge in [0.25, 0.3) is 11.6 Å². The zero-order valence-electron chi connectivity index (χ0n) is 22.4. The number of amides is 1. The summed E-state index contributed by atoms with van der Waals surface area (Å²) >= 11 is 0. The van der Waals surface area contributed by atoms with Gasteiger partial charge in [0.15, 0.2) is 0 Å². The molecule has 3 aromatic carbocycles. The van der Waals surface area contributed by atoms with Crippen LogP contribution in [0, 0.1) is 40.2 Å². The first-order valence-corrected chi connectivity index (χ1v) is 13.9. The summed E-state index contributed by atoms with van der Waals surface area (Å²) in [5, 5.41) is 14.8. The van der Waals surface area contributed by atoms with E-state index in [2.05, 4.69) is 12.2 Å². The molecule has 4 bridgehead atoms. The van der Waals surface area contributed by atoms with E-state index in [-0.39, 0.29) is 28.8 Å². The Morgan fingerprint density at radius 3 is 2.03 bits per heavy atom. The third-order valence-electron chi connectivity index (χ3n) is 9.00. The first-order chi connectivity index (χ1) is 18.7. The summed E-state index contributed by atoms with van der Waals surface area (Å²) in [6.07, 6.45) is 7.87. The largest absolute Gasteiger partial charge is 0.457 e. The van der Waals surface area contributed by atoms with E-state index in [1.807, 2.05) is 25.1 Å². The summed E-state index contributed by atoms with van der Waals surface area (Å²) in [6.45, 7) is 4.13. The summed E-state index contributed by atoms with van der Waals surface area (Å²) < 4.78 is 11.8. The van der Waals surface area contributed by atoms with Crippen molar-refractivity contribution in [2.24, 2.45) is 23.2 Å². The monoisotopic (exact) mass is 526 g/mol. The minimum Gasteiger partial charge on any atom is -0.457 e. The maximum absolute atomic E-state index is 13.1. The summed E-state index contributed by atoms with van der Waals surface area (Å²) in [5.41, 5.74) is 1.70. The average Bonchev–Trinajstić information content (AvgIpc) is 2.88. The van der Waals surface area contributed by atoms with Gasteiger partial charge in [-0.2, -0.15) is 0 Å². The molecule has 0 spiro atoms. The van der Waals surface area contributed by atoms with Crippen LogP contribution in [0.15, 0.2) is 66.7 Å². The van der Waals surface area contributed by atoms with Gasteiger partial charge in [0, 0.05) is 17.7 Å². The maximum Gasteiger partial charge on any atom is 0.276 e. The highest BCUT2D eigenvalue weighted by Gasteiger charge is 2.53. The van der Waals surface area contributed by atoms with Gasteiger partial charge in [-0.1, -0.05) is 12.1 Å². The van der Waals surface area contributed by atoms with E-state index >= 15 is 0 Å². The molecule has 1 N–H and O–H groups in total. The lowest BCUT2D eigenvalue weighted by molar-refractivity contribution is -0.385. The summed E-state index contributed by atoms with van der Waals surface area (Å²) in [7, 11) is 0. The van der Waals surface area contributed by atoms with Gasteiger partial charge >= 0.3 is 0 Å². The number of benzene rings is 3. The Kier molecular flexibility index (Phi) is 6.53. The van der Waals surface area contributed by atoms with Crippen molar-refractivity contribution in [2.45, 2.75) is 58.4 Å². The van der Waals surface area contributed by atoms with Gasteiger partial charge in [-0.05, 0) is 118 Å². The lowest BCUT2D eigenvalue weighted by Crippen LogP contribution is -2.55. The number of hydrogen-bond acceptors (Lipinski definition) is 5. The molecule has 7 heteroatoms. The fourth-order valence-electron chi connectivity index (χ4n) is 7.55. The molecule has 0 heterocycles. The molecule has 0 radical (unpaired) electrons. The highest BCUT2D eigenvalue weighted by atomic mass is 16.6. The molecule has 39 heavy (non-hydrogen) atoms. The zero-order chi connectivity index (χ0) is 27.1. The Morgan fingerprint density at radius 1 is 0.872 bits per heavy atom. The molecule has 0 aliphatic heterocycles. The Bertz CT molecular complexity index is 1360. The predicted octanol–water partition coefficient (Wildman–Crippen LogP) is 7.82. The Hall–Kier alpha value is -3.87. The van der Waals surface area contributed by atoms with E-state index in [9.17, 15) is 14.9 Å². The van der Waals surface area contributed by atoms with Crippen molar-refractivity contribution in [1.82, 2.24) is 5.32 Å². The third kappa shape index (κ3) is 5.35. The second kappa shape index (κ2) is 10.0. The quantitative estimate of drug-likeness (QED) is 0.239. The molecule has 3 aromatic rings. The van der Waals surface area contributed by atoms with E-state index in [0.717, 1.165) is 23.3 Å². The fraction of sp³-hybridized carbons (Fsp3) is 0.406. The average molecular weight is 527 g/mol. The van der Waals surface area contributed by atoms with Crippen molar-refractivity contribution in [3.8, 4) is 23.0 Å². The second-order valence-electron chi connectivity index (χ2n) is 11.9. The lowest BCUT2D eigenvalue weighted by Gasteiger charge is -2.59. The van der Waals surface area contributed by atoms with Gasteiger partial charge in [0.2, 0.25) is 0 Å². The molecular formula is C32H34N2O5. The highest BCUT2D eigenvalue weighted by molar-refractivity contribution is 5.94. The molecule has 202 valence electrons. The van der Waals surface area contributed by atoms with E-state index in [0.29, 0.717) is 22.8 Å². The zero-order valence-corrected chi connectivity index (χ0v) is 22.4. The Morgan fingerprint density at radius 2 is 1.46 bits per heavy atom. The minimum atomic E-state index is -0.478. The molecule has 7 nitrogen and oxygen atoms in total. The van der Waals surface area contributed by atoms with Crippen LogP contribution in [0.2, 0.25) is 0 Å². The van der Waals surface area contributed by atoms with Crippen molar-refractivity contribution in [1.29, 1.82) is 0 Å². The predicted molar refractivity (Wildman–Crippen MR) is 148 cm³/mol. The molecule has 4 fully saturated rings. The number of carbonyl (C=O) groups is 1. The minimum absolute atomic E-state index is 0.0750. The lowest BCUT2D eigenvalue weighted by atomic mass is 9.48. The highest BCUT2D eigenvalue weighted by Crippen LogP contribution is 2.61. The molecule has 0 aromatic heterocycles. The van der Waals surface area contributed by atoms with E-state index < -0.39 is 4.92 Å². The second-order valence-corrected chi connectivity index (χ2v) is 11.9. The van der Waals surface area contributed by atoms with Crippen LogP contribution in [0.25, 0.3) is 0 Å². The van der Waals surface area contributed by atoms with Gasteiger partial charge in [0.1, 0.15) is 23.0 Å². The van der Waals surface area contributed by atoms with Crippen molar-refractivity contribution < 1.29 is 19.2 Å². The summed E-state index contributed by atoms with van der Waals surface area (Å²) in [4.78, 5) is 24.2. The van der Waals surface area contributed by atoms with Gasteiger partial charge in [0.05, 0.1) is 17.1 Å². The summed E-state index contributed by atoms with van der Waals surface area (Å²) in [5.74, 6) is 4.07. The van der Waals surface area contributed by atoms with Crippen LogP contribution in [0.4, 0.5) is 5.69 Å². The fourth-order valence-corrected chi connectivity index (χ4v) is 7.55. The molecule has 4 saturated carbocycles. The first-order valence-electron chi connectivity index (χ1n) is 13.9. The van der Waals surface area contributed by atoms with Crippen molar-refractivity contribution in [3.05, 3.63) is 88.0 Å². The number of carbonyl (C=O) groups excluding carboxylic acids is 1. The number of aryl methyl sites for hydroxylation is 1. The summed E-state index contributed by atoms with van der Waals surface area (Å²) in [6, 6.07) is 18.8. The number of rotatable bonds is 8. The van der Waals surface area contributed by atoms with E-state index in [1.54, 1.807) is 36.4 Å². The number of hydrogen-bond donors (Lipinski definition) is 1. The molecule has 0 unspecified atom stereocenters. The van der Waals surface area contributed by atoms with Crippen LogP contribution in [-0.2, 0) is 0 Å². The number of nitrogens with zero attached hydrogens (tertiary/aromatic N) is 1. The molecule has 4 aliphatic rings. The Balaban J connectivity index is 1.13. The van der Waals surface area contributed by atoms with Crippen molar-refractivity contribution in [3.63, 3.8) is 0 Å². The van der Waals surface area contributed by atoms with Crippen molar-refractivity contribution >= 4 is 11.6 Å². The molecule has 4 aliphatic carbocycles. The van der Waals surface area contributed by atoms with Crippen LogP contribution >= 0.6 is 0 Å². The number of non-ortho nitro benzene ring substituents is 1. The van der Waals surface area contributed by atoms with Crippen LogP contribution in [0.3, 0.4) is 0 Å². The molecule has 7 rings (SSSR count). The van der Waals surface area contributed by atoms with Gasteiger partial charge < -0.3 is 14.8 Å². The van der Waals surface area contributed by atoms with Crippen LogP contribution in [0.5, 0.6) is 23.0 Å². The number of nitro benzene ring substituents is 1. The van der Waals surface area contributed by atoms with E-state index in [4.69, 9.17) is 9.47 Å². The van der Waals surface area contributed by atoms with Crippen molar-refractivity contribution in [2.75, 3.05) is 0 Å². The number of nitro groups is 1. The normalized spacial score (nSPS) is 25.6. The van der Waals surface area contributed by atoms with Crippen LogP contribution in [0.1, 0.15) is 61.4 Å². The maximum atomic E-state index is 13.1. The molecule has 1 amide bonds. The SMILES string of the molecule is Cc1cccc(Oc2cc(Oc3ccc(C(=O)N[C@@H](C)C45CC6CC(CC(C6)C4)C5)cc3)cc([N+](=O)[O-])c2)c1. The molecule has 1 atom stereocenters. The smallest absolute Gasteiger partial charge is 0.276 e. The van der Waals surface area contributed by atoms with Gasteiger partial charge in [-0.15, -0.1) is 0 Å². The Labute approximate surface area is 228 Å². The third-order valence-corrected chi connectivity index (χ3v) is 9.00. The van der Waals surface area contributed by atoms with E-state index in [1.165, 1.54) is 50.7 Å². The van der Waals surface area contributed by atoms with Crippen LogP contribution in [-0.4, -0.2) is 16.9 Å².